The lowest BCUT2D eigenvalue weighted by Gasteiger charge is -2.11. The highest BCUT2D eigenvalue weighted by atomic mass is 16.7. The van der Waals surface area contributed by atoms with Crippen molar-refractivity contribution in [2.24, 2.45) is 0 Å². The molecule has 0 atom stereocenters. The average Bonchev–Trinajstić information content (AvgIpc) is 3.47. The Morgan fingerprint density at radius 3 is 2.51 bits per heavy atom. The number of rotatable bonds is 4. The SMILES string of the molecule is CC(C)c1ccc2oc(=O)cc(-c3oc4ccccc4c3NC(=O)c3ccc4c(c3)OCO4)c2c1. The van der Waals surface area contributed by atoms with E-state index in [0.29, 0.717) is 45.2 Å². The van der Waals surface area contributed by atoms with E-state index < -0.39 is 5.63 Å². The van der Waals surface area contributed by atoms with Gasteiger partial charge in [-0.05, 0) is 53.9 Å². The minimum Gasteiger partial charge on any atom is -0.454 e. The Morgan fingerprint density at radius 1 is 0.857 bits per heavy atom. The summed E-state index contributed by atoms with van der Waals surface area (Å²) in [5.74, 6) is 1.44. The van der Waals surface area contributed by atoms with Gasteiger partial charge in [0.05, 0.1) is 5.69 Å². The quantitative estimate of drug-likeness (QED) is 0.312. The van der Waals surface area contributed by atoms with Gasteiger partial charge in [0.15, 0.2) is 17.3 Å². The zero-order chi connectivity index (χ0) is 24.1. The van der Waals surface area contributed by atoms with E-state index in [1.54, 1.807) is 24.3 Å². The third-order valence-corrected chi connectivity index (χ3v) is 6.15. The number of benzene rings is 3. The van der Waals surface area contributed by atoms with Crippen LogP contribution in [0.4, 0.5) is 5.69 Å². The predicted octanol–water partition coefficient (Wildman–Crippen LogP) is 6.31. The van der Waals surface area contributed by atoms with Crippen LogP contribution in [0.1, 0.15) is 35.7 Å². The molecule has 1 N–H and O–H groups in total. The normalized spacial score (nSPS) is 12.5. The summed E-state index contributed by atoms with van der Waals surface area (Å²) in [4.78, 5) is 25.7. The van der Waals surface area contributed by atoms with Crippen molar-refractivity contribution in [2.45, 2.75) is 19.8 Å². The molecular weight excluding hydrogens is 446 g/mol. The van der Waals surface area contributed by atoms with Crippen molar-refractivity contribution in [1.29, 1.82) is 0 Å². The molecule has 5 aromatic rings. The lowest BCUT2D eigenvalue weighted by atomic mass is 9.98. The van der Waals surface area contributed by atoms with Gasteiger partial charge in [0.1, 0.15) is 11.2 Å². The van der Waals surface area contributed by atoms with Crippen molar-refractivity contribution in [3.05, 3.63) is 88.3 Å². The highest BCUT2D eigenvalue weighted by Crippen LogP contribution is 2.41. The Balaban J connectivity index is 1.53. The Bertz CT molecular complexity index is 1680. The lowest BCUT2D eigenvalue weighted by molar-refractivity contribution is 0.102. The fourth-order valence-electron chi connectivity index (χ4n) is 4.31. The van der Waals surface area contributed by atoms with E-state index in [9.17, 15) is 9.59 Å². The van der Waals surface area contributed by atoms with Gasteiger partial charge in [-0.3, -0.25) is 4.79 Å². The largest absolute Gasteiger partial charge is 0.454 e. The van der Waals surface area contributed by atoms with Crippen molar-refractivity contribution >= 4 is 33.5 Å². The first-order valence-electron chi connectivity index (χ1n) is 11.3. The molecule has 1 aliphatic heterocycles. The molecule has 0 bridgehead atoms. The van der Waals surface area contributed by atoms with Crippen molar-refractivity contribution in [1.82, 2.24) is 0 Å². The van der Waals surface area contributed by atoms with Crippen molar-refractivity contribution in [3.8, 4) is 22.8 Å². The van der Waals surface area contributed by atoms with E-state index in [0.717, 1.165) is 16.3 Å². The zero-order valence-corrected chi connectivity index (χ0v) is 19.1. The first-order valence-corrected chi connectivity index (χ1v) is 11.3. The third kappa shape index (κ3) is 3.61. The summed E-state index contributed by atoms with van der Waals surface area (Å²) in [6, 6.07) is 19.6. The first kappa shape index (κ1) is 21.0. The summed E-state index contributed by atoms with van der Waals surface area (Å²) in [5, 5.41) is 4.45. The fourth-order valence-corrected chi connectivity index (χ4v) is 4.31. The van der Waals surface area contributed by atoms with Gasteiger partial charge in [0.2, 0.25) is 6.79 Å². The molecule has 0 fully saturated rings. The maximum atomic E-state index is 13.3. The van der Waals surface area contributed by atoms with Gasteiger partial charge in [0, 0.05) is 28.0 Å². The number of para-hydroxylation sites is 1. The molecule has 7 nitrogen and oxygen atoms in total. The summed E-state index contributed by atoms with van der Waals surface area (Å²) in [5.41, 5.74) is 3.06. The number of carbonyl (C=O) groups is 1. The summed E-state index contributed by atoms with van der Waals surface area (Å²) < 4.78 is 22.4. The molecule has 0 radical (unpaired) electrons. The topological polar surface area (TPSA) is 90.9 Å². The molecule has 0 saturated carbocycles. The maximum Gasteiger partial charge on any atom is 0.336 e. The predicted molar refractivity (Wildman–Crippen MR) is 132 cm³/mol. The van der Waals surface area contributed by atoms with Crippen LogP contribution in [0.5, 0.6) is 11.5 Å². The molecule has 1 amide bonds. The molecule has 0 aliphatic carbocycles. The lowest BCUT2D eigenvalue weighted by Crippen LogP contribution is -2.12. The third-order valence-electron chi connectivity index (χ3n) is 6.15. The standard InChI is InChI=1S/C28H21NO6/c1-15(2)16-7-9-22-19(11-16)20(13-25(30)34-22)27-26(18-5-3-4-6-21(18)35-27)29-28(31)17-8-10-23-24(12-17)33-14-32-23/h3-13,15H,14H2,1-2H3,(H,29,31). The molecule has 174 valence electrons. The van der Waals surface area contributed by atoms with E-state index in [4.69, 9.17) is 18.3 Å². The van der Waals surface area contributed by atoms with Crippen LogP contribution >= 0.6 is 0 Å². The molecule has 1 aliphatic rings. The average molecular weight is 467 g/mol. The second-order valence-corrected chi connectivity index (χ2v) is 8.71. The van der Waals surface area contributed by atoms with Crippen LogP contribution in [0.25, 0.3) is 33.3 Å². The number of amides is 1. The monoisotopic (exact) mass is 467 g/mol. The van der Waals surface area contributed by atoms with Crippen molar-refractivity contribution in [3.63, 3.8) is 0 Å². The van der Waals surface area contributed by atoms with Crippen LogP contribution < -0.4 is 20.4 Å². The number of fused-ring (bicyclic) bond motifs is 3. The van der Waals surface area contributed by atoms with E-state index in [1.165, 1.54) is 6.07 Å². The Kier molecular flexibility index (Phi) is 4.84. The van der Waals surface area contributed by atoms with Gasteiger partial charge >= 0.3 is 5.63 Å². The van der Waals surface area contributed by atoms with Crippen molar-refractivity contribution in [2.75, 3.05) is 12.1 Å². The first-order chi connectivity index (χ1) is 17.0. The smallest absolute Gasteiger partial charge is 0.336 e. The van der Waals surface area contributed by atoms with Crippen LogP contribution in [-0.2, 0) is 0 Å². The molecule has 0 spiro atoms. The van der Waals surface area contributed by atoms with Crippen molar-refractivity contribution < 1.29 is 23.1 Å². The molecule has 3 aromatic carbocycles. The summed E-state index contributed by atoms with van der Waals surface area (Å²) in [6.45, 7) is 4.31. The number of nitrogens with one attached hydrogen (secondary N) is 1. The van der Waals surface area contributed by atoms with Gasteiger partial charge in [-0.25, -0.2) is 4.79 Å². The molecule has 3 heterocycles. The van der Waals surface area contributed by atoms with Crippen LogP contribution in [0.3, 0.4) is 0 Å². The molecule has 0 unspecified atom stereocenters. The second-order valence-electron chi connectivity index (χ2n) is 8.71. The molecule has 7 heteroatoms. The maximum absolute atomic E-state index is 13.3. The van der Waals surface area contributed by atoms with Gasteiger partial charge in [0.25, 0.3) is 5.91 Å². The summed E-state index contributed by atoms with van der Waals surface area (Å²) >= 11 is 0. The van der Waals surface area contributed by atoms with E-state index in [1.807, 2.05) is 36.4 Å². The minimum atomic E-state index is -0.502. The Hall–Kier alpha value is -4.52. The van der Waals surface area contributed by atoms with E-state index in [2.05, 4.69) is 19.2 Å². The van der Waals surface area contributed by atoms with E-state index in [-0.39, 0.29) is 18.6 Å². The molecular formula is C28H21NO6. The zero-order valence-electron chi connectivity index (χ0n) is 19.1. The van der Waals surface area contributed by atoms with Gasteiger partial charge < -0.3 is 23.6 Å². The number of ether oxygens (including phenoxy) is 2. The fraction of sp³-hybridized carbons (Fsp3) is 0.143. The van der Waals surface area contributed by atoms with Crippen LogP contribution in [0, 0.1) is 0 Å². The molecule has 6 rings (SSSR count). The second kappa shape index (κ2) is 8.06. The van der Waals surface area contributed by atoms with Gasteiger partial charge in [-0.2, -0.15) is 0 Å². The van der Waals surface area contributed by atoms with Gasteiger partial charge in [-0.1, -0.05) is 32.0 Å². The van der Waals surface area contributed by atoms with E-state index >= 15 is 0 Å². The van der Waals surface area contributed by atoms with Gasteiger partial charge in [-0.15, -0.1) is 0 Å². The number of hydrogen-bond donors (Lipinski definition) is 1. The van der Waals surface area contributed by atoms with Crippen LogP contribution in [-0.4, -0.2) is 12.7 Å². The summed E-state index contributed by atoms with van der Waals surface area (Å²) in [7, 11) is 0. The molecule has 35 heavy (non-hydrogen) atoms. The molecule has 0 saturated heterocycles. The number of anilines is 1. The Morgan fingerprint density at radius 2 is 1.66 bits per heavy atom. The number of hydrogen-bond acceptors (Lipinski definition) is 6. The highest BCUT2D eigenvalue weighted by molar-refractivity contribution is 6.13. The number of furan rings is 1. The Labute approximate surface area is 199 Å². The highest BCUT2D eigenvalue weighted by Gasteiger charge is 2.23. The molecule has 2 aromatic heterocycles. The van der Waals surface area contributed by atoms with Crippen LogP contribution in [0.2, 0.25) is 0 Å². The van der Waals surface area contributed by atoms with Crippen LogP contribution in [0.15, 0.2) is 80.4 Å². The summed E-state index contributed by atoms with van der Waals surface area (Å²) in [6.07, 6.45) is 0. The minimum absolute atomic E-state index is 0.124. The number of carbonyl (C=O) groups excluding carboxylic acids is 1.